The van der Waals surface area contributed by atoms with Crippen LogP contribution in [0, 0.1) is 0 Å². The molecule has 0 fully saturated rings. The topological polar surface area (TPSA) is 154 Å². The summed E-state index contributed by atoms with van der Waals surface area (Å²) in [6.07, 6.45) is 0.441. The molecule has 166 valence electrons. The fourth-order valence-electron chi connectivity index (χ4n) is 3.00. The van der Waals surface area contributed by atoms with E-state index >= 15 is 0 Å². The number of hydrogen-bond acceptors (Lipinski definition) is 7. The lowest BCUT2D eigenvalue weighted by Crippen LogP contribution is -2.44. The molecule has 0 bridgehead atoms. The standard InChI is InChI=1S/C20H21N3O5S.H3NO/c1-21-20(27)22-13-5-8-15-16(10-13)29-17(19(26)23(15)11-18(24)25)9-12-3-6-14(28-2)7-4-12;1-2/h3-8,10,17H,9,11H2,1-2H3,(H,24,25)(H2,21,22,27);2H,1H2. The molecule has 0 aromatic heterocycles. The Morgan fingerprint density at radius 3 is 2.45 bits per heavy atom. The maximum atomic E-state index is 13.0. The first-order valence-corrected chi connectivity index (χ1v) is 10.0. The third-order valence-electron chi connectivity index (χ3n) is 4.42. The Morgan fingerprint density at radius 2 is 1.87 bits per heavy atom. The van der Waals surface area contributed by atoms with Gasteiger partial charge in [-0.1, -0.05) is 12.1 Å². The molecule has 0 saturated heterocycles. The molecule has 0 saturated carbocycles. The summed E-state index contributed by atoms with van der Waals surface area (Å²) in [5.41, 5.74) is 2.02. The van der Waals surface area contributed by atoms with Gasteiger partial charge in [0.25, 0.3) is 0 Å². The minimum atomic E-state index is -1.09. The second-order valence-electron chi connectivity index (χ2n) is 6.36. The van der Waals surface area contributed by atoms with Crippen LogP contribution in [0.4, 0.5) is 16.2 Å². The van der Waals surface area contributed by atoms with Crippen LogP contribution in [0.1, 0.15) is 5.56 Å². The number of rotatable bonds is 6. The number of carboxylic acids is 1. The monoisotopic (exact) mass is 448 g/mol. The smallest absolute Gasteiger partial charge is 0.323 e. The lowest BCUT2D eigenvalue weighted by molar-refractivity contribution is -0.136. The van der Waals surface area contributed by atoms with Crippen molar-refractivity contribution in [1.82, 2.24) is 5.32 Å². The van der Waals surface area contributed by atoms with Crippen molar-refractivity contribution < 1.29 is 29.4 Å². The van der Waals surface area contributed by atoms with Crippen molar-refractivity contribution in [2.45, 2.75) is 16.6 Å². The molecule has 3 amide bonds. The molecule has 0 spiro atoms. The summed E-state index contributed by atoms with van der Waals surface area (Å²) in [5.74, 6) is 2.87. The molecular weight excluding hydrogens is 424 g/mol. The zero-order chi connectivity index (χ0) is 23.0. The lowest BCUT2D eigenvalue weighted by atomic mass is 10.1. The Bertz CT molecular complexity index is 938. The average Bonchev–Trinajstić information content (AvgIpc) is 2.78. The summed E-state index contributed by atoms with van der Waals surface area (Å²) in [7, 11) is 3.10. The number of carboxylic acid groups (broad SMARTS) is 1. The van der Waals surface area contributed by atoms with E-state index in [0.29, 0.717) is 17.8 Å². The van der Waals surface area contributed by atoms with Crippen LogP contribution in [0.25, 0.3) is 0 Å². The predicted octanol–water partition coefficient (Wildman–Crippen LogP) is 1.92. The second kappa shape index (κ2) is 11.2. The highest BCUT2D eigenvalue weighted by Gasteiger charge is 2.35. The number of carbonyl (C=O) groups excluding carboxylic acids is 2. The van der Waals surface area contributed by atoms with Crippen molar-refractivity contribution in [3.63, 3.8) is 0 Å². The van der Waals surface area contributed by atoms with E-state index in [1.807, 2.05) is 24.3 Å². The van der Waals surface area contributed by atoms with E-state index in [1.165, 1.54) is 23.7 Å². The molecule has 1 atom stereocenters. The number of thioether (sulfide) groups is 1. The number of urea groups is 1. The first-order chi connectivity index (χ1) is 14.9. The Balaban J connectivity index is 0.00000166. The van der Waals surface area contributed by atoms with Crippen LogP contribution in [0.15, 0.2) is 47.4 Å². The highest BCUT2D eigenvalue weighted by molar-refractivity contribution is 8.01. The van der Waals surface area contributed by atoms with Gasteiger partial charge in [-0.25, -0.2) is 10.7 Å². The minimum absolute atomic E-state index is 0.257. The number of nitrogens with two attached hydrogens (primary N) is 1. The fraction of sp³-hybridized carbons (Fsp3) is 0.250. The number of amides is 3. The molecule has 1 aliphatic heterocycles. The largest absolute Gasteiger partial charge is 0.497 e. The van der Waals surface area contributed by atoms with Crippen LogP contribution in [0.2, 0.25) is 0 Å². The number of hydrogen-bond donors (Lipinski definition) is 5. The van der Waals surface area contributed by atoms with E-state index in [9.17, 15) is 19.5 Å². The lowest BCUT2D eigenvalue weighted by Gasteiger charge is -2.33. The summed E-state index contributed by atoms with van der Waals surface area (Å²) in [4.78, 5) is 37.9. The summed E-state index contributed by atoms with van der Waals surface area (Å²) in [5, 5.41) is 20.5. The van der Waals surface area contributed by atoms with Gasteiger partial charge in [0, 0.05) is 17.6 Å². The van der Waals surface area contributed by atoms with Crippen molar-refractivity contribution in [3.05, 3.63) is 48.0 Å². The second-order valence-corrected chi connectivity index (χ2v) is 7.61. The number of aliphatic carboxylic acids is 1. The number of fused-ring (bicyclic) bond motifs is 1. The van der Waals surface area contributed by atoms with Gasteiger partial charge in [-0.15, -0.1) is 11.8 Å². The van der Waals surface area contributed by atoms with Gasteiger partial charge in [-0.3, -0.25) is 14.5 Å². The molecule has 0 aliphatic carbocycles. The summed E-state index contributed by atoms with van der Waals surface area (Å²) >= 11 is 1.36. The fourth-order valence-corrected chi connectivity index (χ4v) is 4.31. The van der Waals surface area contributed by atoms with E-state index in [4.69, 9.17) is 9.94 Å². The zero-order valence-corrected chi connectivity index (χ0v) is 17.8. The summed E-state index contributed by atoms with van der Waals surface area (Å²) < 4.78 is 5.16. The first kappa shape index (κ1) is 24.0. The predicted molar refractivity (Wildman–Crippen MR) is 117 cm³/mol. The van der Waals surface area contributed by atoms with Crippen LogP contribution in [0.5, 0.6) is 5.75 Å². The Kier molecular flexibility index (Phi) is 8.67. The van der Waals surface area contributed by atoms with Crippen LogP contribution >= 0.6 is 11.8 Å². The van der Waals surface area contributed by atoms with Crippen molar-refractivity contribution in [2.75, 3.05) is 30.9 Å². The first-order valence-electron chi connectivity index (χ1n) is 9.12. The van der Waals surface area contributed by atoms with E-state index < -0.39 is 17.8 Å². The molecule has 11 heteroatoms. The Morgan fingerprint density at radius 1 is 1.19 bits per heavy atom. The van der Waals surface area contributed by atoms with Gasteiger partial charge in [0.05, 0.1) is 18.0 Å². The van der Waals surface area contributed by atoms with E-state index in [2.05, 4.69) is 16.5 Å². The Hall–Kier alpha value is -3.28. The summed E-state index contributed by atoms with van der Waals surface area (Å²) in [6, 6.07) is 12.1. The molecule has 10 nitrogen and oxygen atoms in total. The highest BCUT2D eigenvalue weighted by Crippen LogP contribution is 2.41. The van der Waals surface area contributed by atoms with Gasteiger partial charge in [0.15, 0.2) is 0 Å². The number of anilines is 2. The molecule has 2 aromatic rings. The molecule has 1 heterocycles. The van der Waals surface area contributed by atoms with Crippen LogP contribution in [-0.2, 0) is 16.0 Å². The van der Waals surface area contributed by atoms with Crippen molar-refractivity contribution in [3.8, 4) is 5.75 Å². The molecule has 2 aromatic carbocycles. The molecule has 3 rings (SSSR count). The third-order valence-corrected chi connectivity index (χ3v) is 5.65. The Labute approximate surface area is 183 Å². The van der Waals surface area contributed by atoms with Crippen molar-refractivity contribution in [1.29, 1.82) is 0 Å². The molecule has 31 heavy (non-hydrogen) atoms. The van der Waals surface area contributed by atoms with Crippen molar-refractivity contribution >= 4 is 41.0 Å². The number of ether oxygens (including phenoxy) is 1. The van der Waals surface area contributed by atoms with Crippen LogP contribution in [-0.4, -0.2) is 54.2 Å². The number of methoxy groups -OCH3 is 1. The van der Waals surface area contributed by atoms with Gasteiger partial charge in [-0.2, -0.15) is 0 Å². The van der Waals surface area contributed by atoms with Crippen LogP contribution < -0.4 is 26.2 Å². The van der Waals surface area contributed by atoms with Gasteiger partial charge >= 0.3 is 12.0 Å². The van der Waals surface area contributed by atoms with Crippen molar-refractivity contribution in [2.24, 2.45) is 5.90 Å². The number of nitrogens with zero attached hydrogens (tertiary/aromatic N) is 1. The van der Waals surface area contributed by atoms with E-state index in [1.54, 1.807) is 25.3 Å². The summed E-state index contributed by atoms with van der Waals surface area (Å²) in [6.45, 7) is -0.423. The maximum Gasteiger partial charge on any atom is 0.323 e. The minimum Gasteiger partial charge on any atom is -0.497 e. The molecule has 1 aliphatic rings. The quantitative estimate of drug-likeness (QED) is 0.420. The molecule has 0 radical (unpaired) electrons. The van der Waals surface area contributed by atoms with Gasteiger partial charge in [0.2, 0.25) is 5.91 Å². The number of nitrogens with one attached hydrogen (secondary N) is 2. The normalized spacial score (nSPS) is 14.6. The van der Waals surface area contributed by atoms with E-state index in [-0.39, 0.29) is 11.9 Å². The highest BCUT2D eigenvalue weighted by atomic mass is 32.2. The zero-order valence-electron chi connectivity index (χ0n) is 17.0. The third kappa shape index (κ3) is 6.10. The van der Waals surface area contributed by atoms with E-state index in [0.717, 1.165) is 16.2 Å². The maximum absolute atomic E-state index is 13.0. The van der Waals surface area contributed by atoms with Crippen LogP contribution in [0.3, 0.4) is 0 Å². The molecule has 1 unspecified atom stereocenters. The molecular formula is C20H24N4O6S. The SMILES string of the molecule is CNC(=O)Nc1ccc2c(c1)SC(Cc1ccc(OC)cc1)C(=O)N2CC(=O)O.NO. The molecule has 6 N–H and O–H groups in total. The van der Waals surface area contributed by atoms with Gasteiger partial charge in [0.1, 0.15) is 12.3 Å². The average molecular weight is 449 g/mol. The van der Waals surface area contributed by atoms with Gasteiger partial charge < -0.3 is 25.7 Å². The number of benzene rings is 2. The van der Waals surface area contributed by atoms with Gasteiger partial charge in [-0.05, 0) is 42.3 Å². The number of carbonyl (C=O) groups is 3.